The minimum Gasteiger partial charge on any atom is -0.493 e. The molecule has 1 aliphatic heterocycles. The predicted molar refractivity (Wildman–Crippen MR) is 183 cm³/mol. The van der Waals surface area contributed by atoms with Crippen LogP contribution >= 0.6 is 11.6 Å². The van der Waals surface area contributed by atoms with Gasteiger partial charge in [0.1, 0.15) is 29.5 Å². The molecule has 12 nitrogen and oxygen atoms in total. The molecule has 2 aliphatic carbocycles. The quantitative estimate of drug-likeness (QED) is 0.180. The first-order valence-electron chi connectivity index (χ1n) is 17.3. The van der Waals surface area contributed by atoms with E-state index in [1.807, 2.05) is 6.08 Å². The van der Waals surface area contributed by atoms with Gasteiger partial charge in [0.2, 0.25) is 23.6 Å². The van der Waals surface area contributed by atoms with E-state index < -0.39 is 29.9 Å². The zero-order valence-electron chi connectivity index (χ0n) is 27.6. The number of unbranched alkanes of at least 4 members (excludes halogenated alkanes) is 1. The molecule has 0 saturated heterocycles. The summed E-state index contributed by atoms with van der Waals surface area (Å²) >= 11 is 6.14. The molecule has 4 atom stereocenters. The molecule has 0 radical (unpaired) electrons. The standard InChI is InChI=1S/C35H48ClN7O5/c1-2-31(44)39-28(19-24-21-43-20-23(36)14-15-30(43)38-24)34(46)42-32(22-9-3-4-10-22)35(47)41-27(12-7-8-17-37)33(45)40-26-16-18-48-29-13-6-5-11-25(26)29/h6,13-15,20-22,26-28,32H,2-5,7-12,16-19,37H2,1H3,(H,39,44)(H,40,45)(H,41,47)(H,42,46)/t26-,27+,28+,32+/m1/s1. The first-order chi connectivity index (χ1) is 23.2. The summed E-state index contributed by atoms with van der Waals surface area (Å²) in [5.74, 6) is -0.708. The van der Waals surface area contributed by atoms with Gasteiger partial charge in [0.25, 0.3) is 0 Å². The van der Waals surface area contributed by atoms with Crippen LogP contribution in [0.4, 0.5) is 0 Å². The summed E-state index contributed by atoms with van der Waals surface area (Å²) < 4.78 is 7.58. The Morgan fingerprint density at radius 3 is 2.60 bits per heavy atom. The van der Waals surface area contributed by atoms with Crippen molar-refractivity contribution in [2.45, 2.75) is 108 Å². The number of rotatable bonds is 15. The van der Waals surface area contributed by atoms with Crippen molar-refractivity contribution < 1.29 is 23.9 Å². The smallest absolute Gasteiger partial charge is 0.243 e. The molecule has 3 heterocycles. The molecule has 0 unspecified atom stereocenters. The number of fused-ring (bicyclic) bond motifs is 1. The van der Waals surface area contributed by atoms with Crippen LogP contribution in [-0.4, -0.2) is 70.3 Å². The summed E-state index contributed by atoms with van der Waals surface area (Å²) in [7, 11) is 0. The normalized spacial score (nSPS) is 19.6. The third-order valence-electron chi connectivity index (χ3n) is 9.45. The number of imidazole rings is 1. The van der Waals surface area contributed by atoms with Crippen molar-refractivity contribution in [3.8, 4) is 0 Å². The number of carbonyl (C=O) groups is 4. The number of hydrogen-bond acceptors (Lipinski definition) is 7. The number of amides is 4. The Morgan fingerprint density at radius 2 is 1.83 bits per heavy atom. The molecule has 0 bridgehead atoms. The summed E-state index contributed by atoms with van der Waals surface area (Å²) in [5, 5.41) is 12.5. The molecule has 260 valence electrons. The van der Waals surface area contributed by atoms with Crippen molar-refractivity contribution in [1.29, 1.82) is 0 Å². The molecule has 2 aromatic heterocycles. The number of nitrogens with one attached hydrogen (secondary N) is 4. The molecule has 2 aromatic rings. The van der Waals surface area contributed by atoms with Gasteiger partial charge in [-0.3, -0.25) is 19.2 Å². The van der Waals surface area contributed by atoms with E-state index in [0.29, 0.717) is 55.2 Å². The van der Waals surface area contributed by atoms with Crippen molar-refractivity contribution in [1.82, 2.24) is 30.7 Å². The number of halogens is 1. The van der Waals surface area contributed by atoms with Crippen molar-refractivity contribution in [3.63, 3.8) is 0 Å². The fourth-order valence-corrected chi connectivity index (χ4v) is 7.00. The highest BCUT2D eigenvalue weighted by Crippen LogP contribution is 2.30. The Balaban J connectivity index is 1.32. The number of nitrogens with two attached hydrogens (primary N) is 1. The SMILES string of the molecule is CCC(=O)N[C@@H](Cc1cn2cc(Cl)ccc2n1)C(=O)N[C@H](C(=O)N[C@@H](CCCCN)C(=O)N[C@@H]1CCOC2=C1CCC=C2)C1CCCC1. The van der Waals surface area contributed by atoms with E-state index in [1.165, 1.54) is 0 Å². The summed E-state index contributed by atoms with van der Waals surface area (Å²) in [4.78, 5) is 58.8. The van der Waals surface area contributed by atoms with E-state index in [4.69, 9.17) is 22.1 Å². The molecule has 1 saturated carbocycles. The minimum absolute atomic E-state index is 0.0983. The molecule has 48 heavy (non-hydrogen) atoms. The van der Waals surface area contributed by atoms with Gasteiger partial charge in [-0.05, 0) is 81.2 Å². The zero-order valence-corrected chi connectivity index (χ0v) is 28.4. The number of allylic oxidation sites excluding steroid dienone is 2. The minimum atomic E-state index is -0.960. The molecule has 6 N–H and O–H groups in total. The van der Waals surface area contributed by atoms with E-state index in [2.05, 4.69) is 32.3 Å². The third-order valence-corrected chi connectivity index (χ3v) is 9.67. The maximum absolute atomic E-state index is 14.1. The number of pyridine rings is 1. The average Bonchev–Trinajstić information content (AvgIpc) is 3.76. The van der Waals surface area contributed by atoms with Crippen LogP contribution in [0.1, 0.15) is 83.2 Å². The number of aromatic nitrogens is 2. The Labute approximate surface area is 286 Å². The van der Waals surface area contributed by atoms with E-state index in [0.717, 1.165) is 49.9 Å². The fraction of sp³-hybridized carbons (Fsp3) is 0.571. The van der Waals surface area contributed by atoms with Crippen LogP contribution in [0.3, 0.4) is 0 Å². The average molecular weight is 682 g/mol. The molecule has 0 aromatic carbocycles. The van der Waals surface area contributed by atoms with Crippen molar-refractivity contribution >= 4 is 40.9 Å². The molecule has 1 fully saturated rings. The van der Waals surface area contributed by atoms with Crippen molar-refractivity contribution in [2.75, 3.05) is 13.2 Å². The van der Waals surface area contributed by atoms with Gasteiger partial charge in [-0.1, -0.05) is 37.4 Å². The lowest BCUT2D eigenvalue weighted by Gasteiger charge is -2.32. The number of ether oxygens (including phenoxy) is 1. The second-order valence-electron chi connectivity index (χ2n) is 12.9. The highest BCUT2D eigenvalue weighted by molar-refractivity contribution is 6.30. The predicted octanol–water partition coefficient (Wildman–Crippen LogP) is 3.22. The van der Waals surface area contributed by atoms with Gasteiger partial charge in [-0.15, -0.1) is 0 Å². The van der Waals surface area contributed by atoms with Crippen LogP contribution in [0.15, 0.2) is 48.0 Å². The first kappa shape index (κ1) is 35.4. The van der Waals surface area contributed by atoms with Crippen LogP contribution in [0.25, 0.3) is 5.65 Å². The molecule has 13 heteroatoms. The Morgan fingerprint density at radius 1 is 1.02 bits per heavy atom. The highest BCUT2D eigenvalue weighted by Gasteiger charge is 2.37. The topological polar surface area (TPSA) is 169 Å². The lowest BCUT2D eigenvalue weighted by Crippen LogP contribution is -2.59. The molecular formula is C35H48ClN7O5. The highest BCUT2D eigenvalue weighted by atomic mass is 35.5. The number of nitrogens with zero attached hydrogens (tertiary/aromatic N) is 2. The summed E-state index contributed by atoms with van der Waals surface area (Å²) in [6.45, 7) is 2.70. The van der Waals surface area contributed by atoms with Crippen LogP contribution in [0, 0.1) is 5.92 Å². The molecule has 5 rings (SSSR count). The van der Waals surface area contributed by atoms with Gasteiger partial charge in [0.15, 0.2) is 0 Å². The number of hydrogen-bond donors (Lipinski definition) is 5. The van der Waals surface area contributed by atoms with Crippen molar-refractivity contribution in [3.05, 3.63) is 58.7 Å². The summed E-state index contributed by atoms with van der Waals surface area (Å²) in [6.07, 6.45) is 15.4. The van der Waals surface area contributed by atoms with E-state index >= 15 is 0 Å². The van der Waals surface area contributed by atoms with Crippen LogP contribution in [0.5, 0.6) is 0 Å². The molecule has 4 amide bonds. The van der Waals surface area contributed by atoms with Crippen LogP contribution in [-0.2, 0) is 30.3 Å². The van der Waals surface area contributed by atoms with Crippen molar-refractivity contribution in [2.24, 2.45) is 11.7 Å². The monoisotopic (exact) mass is 681 g/mol. The van der Waals surface area contributed by atoms with Gasteiger partial charge < -0.3 is 36.1 Å². The second kappa shape index (κ2) is 17.0. The largest absolute Gasteiger partial charge is 0.493 e. The Kier molecular flexibility index (Phi) is 12.5. The maximum Gasteiger partial charge on any atom is 0.243 e. The zero-order chi connectivity index (χ0) is 34.0. The van der Waals surface area contributed by atoms with Gasteiger partial charge >= 0.3 is 0 Å². The lowest BCUT2D eigenvalue weighted by atomic mass is 9.92. The molecule has 3 aliphatic rings. The lowest BCUT2D eigenvalue weighted by molar-refractivity contribution is -0.135. The first-order valence-corrected chi connectivity index (χ1v) is 17.7. The van der Waals surface area contributed by atoms with Crippen LogP contribution in [0.2, 0.25) is 5.02 Å². The van der Waals surface area contributed by atoms with Gasteiger partial charge in [0, 0.05) is 31.7 Å². The van der Waals surface area contributed by atoms with E-state index in [-0.39, 0.29) is 36.6 Å². The molecule has 0 spiro atoms. The number of carbonyl (C=O) groups excluding carboxylic acids is 4. The summed E-state index contributed by atoms with van der Waals surface area (Å²) in [6, 6.07) is 0.720. The Bertz CT molecular complexity index is 1530. The van der Waals surface area contributed by atoms with Crippen LogP contribution < -0.4 is 27.0 Å². The summed E-state index contributed by atoms with van der Waals surface area (Å²) in [5.41, 5.74) is 8.08. The van der Waals surface area contributed by atoms with E-state index in [1.54, 1.807) is 35.9 Å². The van der Waals surface area contributed by atoms with Gasteiger partial charge in [-0.2, -0.15) is 0 Å². The van der Waals surface area contributed by atoms with Gasteiger partial charge in [-0.25, -0.2) is 4.98 Å². The van der Waals surface area contributed by atoms with E-state index in [9.17, 15) is 19.2 Å². The molecular weight excluding hydrogens is 634 g/mol. The maximum atomic E-state index is 14.1. The fourth-order valence-electron chi connectivity index (χ4n) is 6.83. The van der Waals surface area contributed by atoms with Gasteiger partial charge in [0.05, 0.1) is 23.4 Å². The second-order valence-corrected chi connectivity index (χ2v) is 13.4. The Hall–Kier alpha value is -3.90. The third kappa shape index (κ3) is 9.16.